The van der Waals surface area contributed by atoms with Gasteiger partial charge in [0.15, 0.2) is 5.82 Å². The summed E-state index contributed by atoms with van der Waals surface area (Å²) in [5.41, 5.74) is 2.14. The van der Waals surface area contributed by atoms with Crippen LogP contribution >= 0.6 is 11.6 Å². The van der Waals surface area contributed by atoms with E-state index in [0.29, 0.717) is 34.5 Å². The van der Waals surface area contributed by atoms with Crippen molar-refractivity contribution in [3.63, 3.8) is 0 Å². The van der Waals surface area contributed by atoms with E-state index in [9.17, 15) is 4.79 Å². The number of nitrogens with zero attached hydrogens (tertiary/aromatic N) is 4. The van der Waals surface area contributed by atoms with E-state index in [0.717, 1.165) is 24.4 Å². The number of nitrogens with one attached hydrogen (secondary N) is 1. The van der Waals surface area contributed by atoms with Gasteiger partial charge in [-0.05, 0) is 56.2 Å². The summed E-state index contributed by atoms with van der Waals surface area (Å²) < 4.78 is 7.49. The van der Waals surface area contributed by atoms with Gasteiger partial charge in [0.1, 0.15) is 17.3 Å². The van der Waals surface area contributed by atoms with Crippen molar-refractivity contribution >= 4 is 17.5 Å². The lowest BCUT2D eigenvalue weighted by atomic mass is 9.79. The molecule has 172 valence electrons. The maximum atomic E-state index is 12.5. The first-order valence-corrected chi connectivity index (χ1v) is 11.7. The first-order valence-electron chi connectivity index (χ1n) is 11.3. The summed E-state index contributed by atoms with van der Waals surface area (Å²) in [7, 11) is 0. The third-order valence-electron chi connectivity index (χ3n) is 5.93. The fourth-order valence-electron chi connectivity index (χ4n) is 4.17. The molecule has 4 aromatic rings. The van der Waals surface area contributed by atoms with Gasteiger partial charge in [-0.15, -0.1) is 10.2 Å². The van der Waals surface area contributed by atoms with Crippen LogP contribution in [0.1, 0.15) is 41.9 Å². The van der Waals surface area contributed by atoms with Gasteiger partial charge in [0.2, 0.25) is 0 Å². The van der Waals surface area contributed by atoms with E-state index in [-0.39, 0.29) is 17.9 Å². The van der Waals surface area contributed by atoms with Gasteiger partial charge in [-0.1, -0.05) is 41.9 Å². The molecule has 7 nitrogen and oxygen atoms in total. The number of halogens is 1. The first-order chi connectivity index (χ1) is 16.6. The highest BCUT2D eigenvalue weighted by Gasteiger charge is 2.36. The van der Waals surface area contributed by atoms with Crippen LogP contribution in [0.2, 0.25) is 5.02 Å². The van der Waals surface area contributed by atoms with Crippen molar-refractivity contribution in [2.24, 2.45) is 0 Å². The molecular formula is C26H24ClN5O2. The Morgan fingerprint density at radius 3 is 2.53 bits per heavy atom. The Kier molecular flexibility index (Phi) is 6.27. The molecule has 34 heavy (non-hydrogen) atoms. The van der Waals surface area contributed by atoms with E-state index in [4.69, 9.17) is 16.3 Å². The van der Waals surface area contributed by atoms with Crippen LogP contribution in [0.25, 0.3) is 17.2 Å². The molecule has 5 rings (SSSR count). The maximum absolute atomic E-state index is 12.5. The average Bonchev–Trinajstić information content (AvgIpc) is 3.26. The predicted octanol–water partition coefficient (Wildman–Crippen LogP) is 5.06. The number of para-hydroxylation sites is 1. The molecule has 2 aromatic heterocycles. The minimum atomic E-state index is -0.0594. The van der Waals surface area contributed by atoms with E-state index in [1.807, 2.05) is 78.2 Å². The van der Waals surface area contributed by atoms with Crippen LogP contribution in [0.15, 0.2) is 72.9 Å². The topological polar surface area (TPSA) is 81.9 Å². The van der Waals surface area contributed by atoms with Crippen molar-refractivity contribution in [1.82, 2.24) is 25.1 Å². The Balaban J connectivity index is 1.41. The molecule has 0 saturated heterocycles. The van der Waals surface area contributed by atoms with E-state index in [1.54, 1.807) is 6.20 Å². The molecule has 0 bridgehead atoms. The molecule has 1 saturated carbocycles. The Morgan fingerprint density at radius 2 is 1.82 bits per heavy atom. The number of amides is 1. The summed E-state index contributed by atoms with van der Waals surface area (Å²) in [5, 5.41) is 12.7. The highest BCUT2D eigenvalue weighted by Crippen LogP contribution is 2.39. The fraction of sp³-hybridized carbons (Fsp3) is 0.231. The smallest absolute Gasteiger partial charge is 0.251 e. The highest BCUT2D eigenvalue weighted by molar-refractivity contribution is 6.32. The Labute approximate surface area is 202 Å². The Hall–Kier alpha value is -3.71. The molecule has 8 heteroatoms. The SMILES string of the molecule is CCOc1ccc(-c2nnc([C@H]3C[C@H](NC(=O)c4ccccc4)C3)n2-c2ccccc2Cl)nc1. The van der Waals surface area contributed by atoms with Crippen LogP contribution in [-0.2, 0) is 0 Å². The summed E-state index contributed by atoms with van der Waals surface area (Å²) in [6, 6.07) is 20.7. The number of aromatic nitrogens is 4. The molecule has 1 fully saturated rings. The number of carbonyl (C=O) groups is 1. The maximum Gasteiger partial charge on any atom is 0.251 e. The molecular weight excluding hydrogens is 450 g/mol. The number of hydrogen-bond acceptors (Lipinski definition) is 5. The largest absolute Gasteiger partial charge is 0.492 e. The van der Waals surface area contributed by atoms with Crippen LogP contribution in [0.5, 0.6) is 5.75 Å². The molecule has 2 heterocycles. The minimum absolute atomic E-state index is 0.0594. The van der Waals surface area contributed by atoms with Crippen LogP contribution < -0.4 is 10.1 Å². The predicted molar refractivity (Wildman–Crippen MR) is 130 cm³/mol. The third kappa shape index (κ3) is 4.39. The van der Waals surface area contributed by atoms with Gasteiger partial charge < -0.3 is 10.1 Å². The average molecular weight is 474 g/mol. The molecule has 0 atom stereocenters. The van der Waals surface area contributed by atoms with Crippen LogP contribution in [0.4, 0.5) is 0 Å². The number of rotatable bonds is 7. The van der Waals surface area contributed by atoms with Crippen LogP contribution in [0, 0.1) is 0 Å². The van der Waals surface area contributed by atoms with E-state index in [1.165, 1.54) is 0 Å². The number of pyridine rings is 1. The van der Waals surface area contributed by atoms with Crippen molar-refractivity contribution in [1.29, 1.82) is 0 Å². The zero-order valence-corrected chi connectivity index (χ0v) is 19.4. The first kappa shape index (κ1) is 22.1. The summed E-state index contributed by atoms with van der Waals surface area (Å²) in [6.45, 7) is 2.51. The summed E-state index contributed by atoms with van der Waals surface area (Å²) in [5.74, 6) is 2.20. The molecule has 0 aliphatic heterocycles. The molecule has 2 aromatic carbocycles. The standard InChI is InChI=1S/C26H24ClN5O2/c1-2-34-20-12-13-22(28-16-20)25-31-30-24(32(25)23-11-7-6-10-21(23)27)18-14-19(15-18)29-26(33)17-8-4-3-5-9-17/h3-13,16,18-19H,2,14-15H2,1H3,(H,29,33)/t18-,19-. The van der Waals surface area contributed by atoms with Crippen molar-refractivity contribution in [3.8, 4) is 23.0 Å². The van der Waals surface area contributed by atoms with Crippen molar-refractivity contribution in [3.05, 3.63) is 89.3 Å². The van der Waals surface area contributed by atoms with Gasteiger partial charge in [-0.2, -0.15) is 0 Å². The molecule has 1 aliphatic carbocycles. The van der Waals surface area contributed by atoms with E-state index >= 15 is 0 Å². The lowest BCUT2D eigenvalue weighted by molar-refractivity contribution is 0.0907. The quantitative estimate of drug-likeness (QED) is 0.406. The van der Waals surface area contributed by atoms with Crippen molar-refractivity contribution in [2.75, 3.05) is 6.61 Å². The summed E-state index contributed by atoms with van der Waals surface area (Å²) in [6.07, 6.45) is 3.23. The molecule has 1 amide bonds. The lowest BCUT2D eigenvalue weighted by Gasteiger charge is -2.35. The number of hydrogen-bond donors (Lipinski definition) is 1. The van der Waals surface area contributed by atoms with Gasteiger partial charge in [-0.25, -0.2) is 4.98 Å². The molecule has 1 aliphatic rings. The molecule has 0 unspecified atom stereocenters. The number of carbonyl (C=O) groups excluding carboxylic acids is 1. The van der Waals surface area contributed by atoms with Crippen LogP contribution in [-0.4, -0.2) is 38.3 Å². The lowest BCUT2D eigenvalue weighted by Crippen LogP contribution is -2.44. The minimum Gasteiger partial charge on any atom is -0.492 e. The van der Waals surface area contributed by atoms with Crippen LogP contribution in [0.3, 0.4) is 0 Å². The summed E-state index contributed by atoms with van der Waals surface area (Å²) >= 11 is 6.57. The highest BCUT2D eigenvalue weighted by atomic mass is 35.5. The summed E-state index contributed by atoms with van der Waals surface area (Å²) in [4.78, 5) is 17.0. The van der Waals surface area contributed by atoms with Gasteiger partial charge in [0, 0.05) is 17.5 Å². The van der Waals surface area contributed by atoms with Gasteiger partial charge in [-0.3, -0.25) is 9.36 Å². The zero-order chi connectivity index (χ0) is 23.5. The van der Waals surface area contributed by atoms with Gasteiger partial charge >= 0.3 is 0 Å². The normalized spacial score (nSPS) is 17.1. The molecule has 0 radical (unpaired) electrons. The van der Waals surface area contributed by atoms with E-state index in [2.05, 4.69) is 20.5 Å². The zero-order valence-electron chi connectivity index (χ0n) is 18.7. The van der Waals surface area contributed by atoms with Crippen molar-refractivity contribution < 1.29 is 9.53 Å². The molecule has 1 N–H and O–H groups in total. The van der Waals surface area contributed by atoms with Gasteiger partial charge in [0.25, 0.3) is 5.91 Å². The Bertz CT molecular complexity index is 1280. The Morgan fingerprint density at radius 1 is 1.06 bits per heavy atom. The third-order valence-corrected chi connectivity index (χ3v) is 6.25. The fourth-order valence-corrected chi connectivity index (χ4v) is 4.39. The number of benzene rings is 2. The van der Waals surface area contributed by atoms with Gasteiger partial charge in [0.05, 0.1) is 23.5 Å². The second-order valence-electron chi connectivity index (χ2n) is 8.19. The number of ether oxygens (including phenoxy) is 1. The van der Waals surface area contributed by atoms with E-state index < -0.39 is 0 Å². The second kappa shape index (κ2) is 9.65. The second-order valence-corrected chi connectivity index (χ2v) is 8.59. The monoisotopic (exact) mass is 473 g/mol. The molecule has 0 spiro atoms. The van der Waals surface area contributed by atoms with Crippen molar-refractivity contribution in [2.45, 2.75) is 31.7 Å².